The summed E-state index contributed by atoms with van der Waals surface area (Å²) in [6, 6.07) is 19.4. The lowest BCUT2D eigenvalue weighted by molar-refractivity contribution is -0.143. The summed E-state index contributed by atoms with van der Waals surface area (Å²) in [7, 11) is 3.20. The first-order valence-corrected chi connectivity index (χ1v) is 12.4. The average molecular weight is 506 g/mol. The van der Waals surface area contributed by atoms with E-state index in [1.807, 2.05) is 60.7 Å². The number of rotatable bonds is 9. The SMILES string of the molecule is COc1cc(C(c2ccc3c(c2)OCO3)N2CCCC(C(=O)O)C2)cc(OC)c1OCc1ccccc1. The number of fused-ring (bicyclic) bond motifs is 1. The van der Waals surface area contributed by atoms with Crippen LogP contribution >= 0.6 is 0 Å². The molecule has 0 spiro atoms. The van der Waals surface area contributed by atoms with Crippen LogP contribution in [0.25, 0.3) is 0 Å². The molecule has 0 aliphatic carbocycles. The number of benzene rings is 3. The molecule has 8 nitrogen and oxygen atoms in total. The van der Waals surface area contributed by atoms with Gasteiger partial charge >= 0.3 is 5.97 Å². The molecule has 2 heterocycles. The van der Waals surface area contributed by atoms with Crippen LogP contribution in [0.1, 0.15) is 35.6 Å². The number of carboxylic acids is 1. The van der Waals surface area contributed by atoms with Crippen molar-refractivity contribution in [2.24, 2.45) is 5.92 Å². The molecule has 37 heavy (non-hydrogen) atoms. The molecule has 3 aromatic rings. The van der Waals surface area contributed by atoms with Crippen molar-refractivity contribution in [3.63, 3.8) is 0 Å². The van der Waals surface area contributed by atoms with Crippen LogP contribution in [0.2, 0.25) is 0 Å². The predicted molar refractivity (Wildman–Crippen MR) is 137 cm³/mol. The molecule has 2 atom stereocenters. The Morgan fingerprint density at radius 2 is 1.73 bits per heavy atom. The standard InChI is InChI=1S/C29H31NO7/c1-33-25-14-22(15-26(34-2)28(25)35-17-19-7-4-3-5-8-19)27(30-12-6-9-21(16-30)29(31)32)20-10-11-23-24(13-20)37-18-36-23/h3-5,7-8,10-11,13-15,21,27H,6,9,12,16-18H2,1-2H3,(H,31,32). The maximum absolute atomic E-state index is 11.9. The lowest BCUT2D eigenvalue weighted by atomic mass is 9.91. The summed E-state index contributed by atoms with van der Waals surface area (Å²) in [6.45, 7) is 1.75. The lowest BCUT2D eigenvalue weighted by Gasteiger charge is -2.38. The molecule has 1 N–H and O–H groups in total. The van der Waals surface area contributed by atoms with Crippen LogP contribution in [0.5, 0.6) is 28.7 Å². The van der Waals surface area contributed by atoms with E-state index in [-0.39, 0.29) is 12.8 Å². The predicted octanol–water partition coefficient (Wildman–Crippen LogP) is 4.90. The maximum atomic E-state index is 11.9. The topological polar surface area (TPSA) is 86.7 Å². The minimum atomic E-state index is -0.769. The zero-order valence-corrected chi connectivity index (χ0v) is 21.0. The Morgan fingerprint density at radius 1 is 1.00 bits per heavy atom. The van der Waals surface area contributed by atoms with Gasteiger partial charge in [0.2, 0.25) is 12.5 Å². The third-order valence-electron chi connectivity index (χ3n) is 6.90. The van der Waals surface area contributed by atoms with E-state index in [1.165, 1.54) is 0 Å². The molecule has 3 aromatic carbocycles. The molecule has 2 aliphatic heterocycles. The monoisotopic (exact) mass is 505 g/mol. The molecule has 5 rings (SSSR count). The Morgan fingerprint density at radius 3 is 2.43 bits per heavy atom. The van der Waals surface area contributed by atoms with Crippen LogP contribution in [-0.4, -0.2) is 50.1 Å². The fraction of sp³-hybridized carbons (Fsp3) is 0.345. The third kappa shape index (κ3) is 5.29. The van der Waals surface area contributed by atoms with Crippen LogP contribution in [-0.2, 0) is 11.4 Å². The number of piperidine rings is 1. The second-order valence-electron chi connectivity index (χ2n) is 9.22. The Kier molecular flexibility index (Phi) is 7.37. The smallest absolute Gasteiger partial charge is 0.307 e. The number of aliphatic carboxylic acids is 1. The number of ether oxygens (including phenoxy) is 5. The quantitative estimate of drug-likeness (QED) is 0.440. The summed E-state index contributed by atoms with van der Waals surface area (Å²) in [5.74, 6) is 1.78. The van der Waals surface area contributed by atoms with E-state index in [0.717, 1.165) is 29.7 Å². The highest BCUT2D eigenvalue weighted by Gasteiger charge is 2.33. The Balaban J connectivity index is 1.54. The minimum absolute atomic E-state index is 0.184. The van der Waals surface area contributed by atoms with E-state index in [0.29, 0.717) is 48.3 Å². The van der Waals surface area contributed by atoms with E-state index >= 15 is 0 Å². The molecule has 0 radical (unpaired) electrons. The molecular weight excluding hydrogens is 474 g/mol. The van der Waals surface area contributed by atoms with Crippen LogP contribution < -0.4 is 23.7 Å². The normalized spacial score (nSPS) is 17.7. The van der Waals surface area contributed by atoms with Gasteiger partial charge in [0.05, 0.1) is 26.2 Å². The average Bonchev–Trinajstić information content (AvgIpc) is 3.41. The molecule has 0 aromatic heterocycles. The number of likely N-dealkylation sites (tertiary alicyclic amines) is 1. The summed E-state index contributed by atoms with van der Waals surface area (Å²) in [4.78, 5) is 14.1. The van der Waals surface area contributed by atoms with Crippen LogP contribution in [0.3, 0.4) is 0 Å². The molecule has 2 unspecified atom stereocenters. The van der Waals surface area contributed by atoms with Gasteiger partial charge in [-0.2, -0.15) is 0 Å². The highest BCUT2D eigenvalue weighted by Crippen LogP contribution is 2.45. The number of nitrogens with zero attached hydrogens (tertiary/aromatic N) is 1. The zero-order chi connectivity index (χ0) is 25.8. The van der Waals surface area contributed by atoms with Crippen LogP contribution in [0.4, 0.5) is 0 Å². The number of carbonyl (C=O) groups is 1. The van der Waals surface area contributed by atoms with Gasteiger partial charge < -0.3 is 28.8 Å². The van der Waals surface area contributed by atoms with Crippen molar-refractivity contribution < 1.29 is 33.6 Å². The van der Waals surface area contributed by atoms with Crippen LogP contribution in [0.15, 0.2) is 60.7 Å². The first-order valence-electron chi connectivity index (χ1n) is 12.4. The second-order valence-corrected chi connectivity index (χ2v) is 9.22. The Hall–Kier alpha value is -3.91. The van der Waals surface area contributed by atoms with Crippen molar-refractivity contribution in [1.29, 1.82) is 0 Å². The summed E-state index contributed by atoms with van der Waals surface area (Å²) in [5, 5.41) is 9.74. The second kappa shape index (κ2) is 11.0. The molecule has 0 saturated carbocycles. The summed E-state index contributed by atoms with van der Waals surface area (Å²) >= 11 is 0. The lowest BCUT2D eigenvalue weighted by Crippen LogP contribution is -2.41. The maximum Gasteiger partial charge on any atom is 0.307 e. The van der Waals surface area contributed by atoms with Crippen molar-refractivity contribution in [2.45, 2.75) is 25.5 Å². The van der Waals surface area contributed by atoms with E-state index in [2.05, 4.69) is 4.90 Å². The summed E-state index contributed by atoms with van der Waals surface area (Å²) < 4.78 is 28.8. The van der Waals surface area contributed by atoms with Gasteiger partial charge in [-0.25, -0.2) is 0 Å². The molecule has 194 valence electrons. The number of hydrogen-bond donors (Lipinski definition) is 1. The molecule has 0 bridgehead atoms. The summed E-state index contributed by atoms with van der Waals surface area (Å²) in [6.07, 6.45) is 1.46. The van der Waals surface area contributed by atoms with E-state index < -0.39 is 11.9 Å². The van der Waals surface area contributed by atoms with Gasteiger partial charge in [-0.05, 0) is 60.3 Å². The van der Waals surface area contributed by atoms with Crippen molar-refractivity contribution in [1.82, 2.24) is 4.90 Å². The first kappa shape index (κ1) is 24.8. The largest absolute Gasteiger partial charge is 0.493 e. The summed E-state index contributed by atoms with van der Waals surface area (Å²) in [5.41, 5.74) is 2.91. The van der Waals surface area contributed by atoms with E-state index in [4.69, 9.17) is 23.7 Å². The molecular formula is C29H31NO7. The van der Waals surface area contributed by atoms with E-state index in [1.54, 1.807) is 14.2 Å². The van der Waals surface area contributed by atoms with Gasteiger partial charge in [-0.1, -0.05) is 36.4 Å². The van der Waals surface area contributed by atoms with Gasteiger partial charge in [0, 0.05) is 6.54 Å². The highest BCUT2D eigenvalue weighted by atomic mass is 16.7. The third-order valence-corrected chi connectivity index (χ3v) is 6.90. The number of carboxylic acid groups (broad SMARTS) is 1. The molecule has 0 amide bonds. The number of methoxy groups -OCH3 is 2. The molecule has 2 aliphatic rings. The number of hydrogen-bond acceptors (Lipinski definition) is 7. The van der Waals surface area contributed by atoms with Crippen molar-refractivity contribution >= 4 is 5.97 Å². The van der Waals surface area contributed by atoms with Gasteiger partial charge in [0.15, 0.2) is 23.0 Å². The molecule has 1 saturated heterocycles. The minimum Gasteiger partial charge on any atom is -0.493 e. The van der Waals surface area contributed by atoms with Crippen molar-refractivity contribution in [3.05, 3.63) is 77.4 Å². The Labute approximate surface area is 216 Å². The Bertz CT molecular complexity index is 1220. The van der Waals surface area contributed by atoms with Gasteiger partial charge in [-0.15, -0.1) is 0 Å². The molecule has 8 heteroatoms. The molecule has 1 fully saturated rings. The zero-order valence-electron chi connectivity index (χ0n) is 21.0. The fourth-order valence-corrected chi connectivity index (χ4v) is 5.07. The van der Waals surface area contributed by atoms with Crippen molar-refractivity contribution in [2.75, 3.05) is 34.1 Å². The van der Waals surface area contributed by atoms with Crippen molar-refractivity contribution in [3.8, 4) is 28.7 Å². The van der Waals surface area contributed by atoms with Gasteiger partial charge in [-0.3, -0.25) is 9.69 Å². The van der Waals surface area contributed by atoms with Gasteiger partial charge in [0.25, 0.3) is 0 Å². The van der Waals surface area contributed by atoms with E-state index in [9.17, 15) is 9.90 Å². The fourth-order valence-electron chi connectivity index (χ4n) is 5.07. The van der Waals surface area contributed by atoms with Gasteiger partial charge in [0.1, 0.15) is 6.61 Å². The highest BCUT2D eigenvalue weighted by molar-refractivity contribution is 5.70. The first-order chi connectivity index (χ1) is 18.1. The van der Waals surface area contributed by atoms with Crippen LogP contribution in [0, 0.1) is 5.92 Å².